The molecule has 6 aromatic rings. The molecule has 89 heavy (non-hydrogen) atoms. The van der Waals surface area contributed by atoms with Crippen molar-refractivity contribution in [3.63, 3.8) is 0 Å². The van der Waals surface area contributed by atoms with E-state index in [0.717, 1.165) is 150 Å². The molecule has 3 saturated heterocycles. The average molecular weight is 1250 g/mol. The van der Waals surface area contributed by atoms with Crippen molar-refractivity contribution in [1.29, 1.82) is 0 Å². The second kappa shape index (κ2) is 27.6. The van der Waals surface area contributed by atoms with Crippen LogP contribution in [0.1, 0.15) is 122 Å². The fourth-order valence-corrected chi connectivity index (χ4v) is 14.3. The number of carbonyl (C=O) groups is 4. The maximum absolute atomic E-state index is 14.2. The Morgan fingerprint density at radius 3 is 2.45 bits per heavy atom. The molecule has 0 spiro atoms. The summed E-state index contributed by atoms with van der Waals surface area (Å²) in [6, 6.07) is 25.7. The van der Waals surface area contributed by atoms with E-state index in [0.29, 0.717) is 49.6 Å². The molecular formula is C67H80ClN11O9S. The number of H-pyrrole nitrogens is 1. The summed E-state index contributed by atoms with van der Waals surface area (Å²) in [7, 11) is -2.46. The normalized spacial score (nSPS) is 18.6. The first-order valence-corrected chi connectivity index (χ1v) is 33.1. The molecule has 1 unspecified atom stereocenters. The molecule has 4 aliphatic heterocycles. The van der Waals surface area contributed by atoms with Crippen LogP contribution in [0.15, 0.2) is 114 Å². The molecule has 6 heterocycles. The highest BCUT2D eigenvalue weighted by atomic mass is 35.5. The Morgan fingerprint density at radius 1 is 0.888 bits per heavy atom. The third kappa shape index (κ3) is 15.3. The first-order chi connectivity index (χ1) is 42.8. The molecule has 470 valence electrons. The van der Waals surface area contributed by atoms with E-state index in [1.165, 1.54) is 35.0 Å². The lowest BCUT2D eigenvalue weighted by molar-refractivity contribution is -0.384. The van der Waals surface area contributed by atoms with Crippen LogP contribution in [0.3, 0.4) is 0 Å². The van der Waals surface area contributed by atoms with Gasteiger partial charge >= 0.3 is 0 Å². The van der Waals surface area contributed by atoms with Crippen LogP contribution in [-0.2, 0) is 32.6 Å². The number of hydrogen-bond acceptors (Lipinski definition) is 15. The predicted octanol–water partition coefficient (Wildman–Crippen LogP) is 10.4. The van der Waals surface area contributed by atoms with Crippen molar-refractivity contribution >= 4 is 78.9 Å². The van der Waals surface area contributed by atoms with Gasteiger partial charge in [-0.2, -0.15) is 0 Å². The number of piperazine rings is 1. The van der Waals surface area contributed by atoms with E-state index in [4.69, 9.17) is 16.3 Å². The van der Waals surface area contributed by atoms with Gasteiger partial charge in [0.2, 0.25) is 11.8 Å². The van der Waals surface area contributed by atoms with Crippen molar-refractivity contribution in [3.8, 4) is 11.5 Å². The largest absolute Gasteiger partial charge is 0.455 e. The van der Waals surface area contributed by atoms with Crippen molar-refractivity contribution in [2.45, 2.75) is 108 Å². The number of anilines is 2. The van der Waals surface area contributed by atoms with Gasteiger partial charge < -0.3 is 34.6 Å². The van der Waals surface area contributed by atoms with Gasteiger partial charge in [-0.3, -0.25) is 39.5 Å². The number of rotatable bonds is 24. The van der Waals surface area contributed by atoms with Crippen molar-refractivity contribution in [1.82, 2.24) is 39.6 Å². The third-order valence-electron chi connectivity index (χ3n) is 18.5. The van der Waals surface area contributed by atoms with Gasteiger partial charge in [0.05, 0.1) is 21.6 Å². The van der Waals surface area contributed by atoms with Crippen molar-refractivity contribution < 1.29 is 37.3 Å². The molecule has 0 saturated carbocycles. The van der Waals surface area contributed by atoms with Crippen LogP contribution in [-0.4, -0.2) is 152 Å². The summed E-state index contributed by atoms with van der Waals surface area (Å²) in [5.74, 6) is -1.07. The molecule has 2 aromatic heterocycles. The highest BCUT2D eigenvalue weighted by molar-refractivity contribution is 7.90. The summed E-state index contributed by atoms with van der Waals surface area (Å²) in [6.45, 7) is 14.1. The Balaban J connectivity index is 0.642. The maximum Gasteiger partial charge on any atom is 0.293 e. The van der Waals surface area contributed by atoms with Crippen molar-refractivity contribution in [2.24, 2.45) is 11.3 Å². The zero-order valence-corrected chi connectivity index (χ0v) is 52.6. The fourth-order valence-electron chi connectivity index (χ4n) is 13.2. The van der Waals surface area contributed by atoms with Crippen molar-refractivity contribution in [2.75, 3.05) is 89.3 Å². The number of likely N-dealkylation sites (N-methyl/N-ethyl adjacent to an activating group) is 1. The van der Waals surface area contributed by atoms with Crippen LogP contribution in [0.5, 0.6) is 11.5 Å². The molecule has 0 bridgehead atoms. The maximum atomic E-state index is 14.2. The first kappa shape index (κ1) is 62.9. The van der Waals surface area contributed by atoms with Crippen LogP contribution in [0.4, 0.5) is 17.1 Å². The molecule has 11 rings (SSSR count). The number of allylic oxidation sites excluding steroid dienone is 1. The van der Waals surface area contributed by atoms with E-state index in [-0.39, 0.29) is 46.6 Å². The standard InChI is InChI=1S/C67H80ClN11O9S/c1-67(2)26-22-49(56(40-67)47-12-14-50(68)15-13-47)43-76-33-35-77(36-34-76)51-16-18-55(61(38-51)88-52-37-48-23-27-69-63(48)71-42-52)64(81)73-89(86,87)53-17-19-58(60(39-53)79(84)85)70-41-45-24-29-75(30-25-45)32-31-74(3)28-7-5-4-6-9-46-10-8-11-54-57(46)44-78(66(54)83)59-20-21-62(80)72-65(59)82/h8,10-19,23,27,37-39,42,45,59,70H,4-7,9,20-22,24-26,28-36,40-41,43-44H2,1-3H3,(H,69,71)(H,73,81)(H,72,80,82). The van der Waals surface area contributed by atoms with Gasteiger partial charge in [-0.15, -0.1) is 0 Å². The molecule has 20 nitrogen and oxygen atoms in total. The number of aromatic amines is 1. The molecule has 4 aromatic carbocycles. The number of unbranched alkanes of at least 4 members (excludes halogenated alkanes) is 3. The second-order valence-corrected chi connectivity index (χ2v) is 27.5. The molecule has 4 N–H and O–H groups in total. The molecule has 1 atom stereocenters. The molecule has 3 fully saturated rings. The van der Waals surface area contributed by atoms with E-state index in [9.17, 15) is 37.7 Å². The Morgan fingerprint density at radius 2 is 1.67 bits per heavy atom. The minimum absolute atomic E-state index is 0.0463. The number of likely N-dealkylation sites (tertiary alicyclic amines) is 1. The molecule has 5 aliphatic rings. The lowest BCUT2D eigenvalue weighted by atomic mass is 9.72. The minimum Gasteiger partial charge on any atom is -0.455 e. The van der Waals surface area contributed by atoms with Gasteiger partial charge in [0.1, 0.15) is 28.9 Å². The topological polar surface area (TPSA) is 236 Å². The van der Waals surface area contributed by atoms with Crippen LogP contribution >= 0.6 is 11.6 Å². The lowest BCUT2D eigenvalue weighted by Crippen LogP contribution is -2.52. The van der Waals surface area contributed by atoms with Gasteiger partial charge in [0.15, 0.2) is 0 Å². The fraction of sp³-hybridized carbons (Fsp3) is 0.448. The SMILES string of the molecule is CN(CCCCCCc1cccc2c1CN(C1CCC(=O)NC1=O)C2=O)CCN1CCC(CNc2ccc(S(=O)(=O)NC(=O)c3ccc(N4CCN(CC5=C(c6ccc(Cl)cc6)CC(C)(C)CC5)CC4)cc3Oc3cnc4[nH]ccc4c3)cc2[N+](=O)[O-])CC1. The third-order valence-corrected chi connectivity index (χ3v) is 20.1. The van der Waals surface area contributed by atoms with Crippen LogP contribution < -0.4 is 25.0 Å². The number of halogens is 1. The molecule has 0 radical (unpaired) electrons. The average Bonchev–Trinajstić information content (AvgIpc) is 2.29. The number of ether oxygens (including phenoxy) is 1. The molecular weight excluding hydrogens is 1170 g/mol. The lowest BCUT2D eigenvalue weighted by Gasteiger charge is -2.39. The number of piperidine rings is 2. The Labute approximate surface area is 525 Å². The number of nitro groups is 1. The summed E-state index contributed by atoms with van der Waals surface area (Å²) >= 11 is 6.28. The van der Waals surface area contributed by atoms with E-state index < -0.39 is 43.4 Å². The Hall–Kier alpha value is -7.69. The number of aromatic nitrogens is 2. The van der Waals surface area contributed by atoms with Crippen LogP contribution in [0, 0.1) is 21.4 Å². The van der Waals surface area contributed by atoms with E-state index in [2.05, 4.69) is 84.0 Å². The number of nitro benzene ring substituents is 1. The minimum atomic E-state index is -4.62. The monoisotopic (exact) mass is 1250 g/mol. The van der Waals surface area contributed by atoms with Crippen LogP contribution in [0.2, 0.25) is 5.02 Å². The summed E-state index contributed by atoms with van der Waals surface area (Å²) in [5, 5.41) is 19.6. The number of imide groups is 1. The van der Waals surface area contributed by atoms with E-state index in [1.807, 2.05) is 30.3 Å². The molecule has 22 heteroatoms. The zero-order chi connectivity index (χ0) is 62.4. The Bertz CT molecular complexity index is 3760. The predicted molar refractivity (Wildman–Crippen MR) is 345 cm³/mol. The van der Waals surface area contributed by atoms with Gasteiger partial charge in [0.25, 0.3) is 27.5 Å². The highest BCUT2D eigenvalue weighted by Gasteiger charge is 2.40. The van der Waals surface area contributed by atoms with Gasteiger partial charge in [-0.1, -0.05) is 68.1 Å². The number of amides is 4. The number of hydrogen-bond donors (Lipinski definition) is 4. The van der Waals surface area contributed by atoms with Crippen molar-refractivity contribution in [3.05, 3.63) is 152 Å². The summed E-state index contributed by atoms with van der Waals surface area (Å²) in [6.07, 6.45) is 14.0. The van der Waals surface area contributed by atoms with Crippen LogP contribution in [0.25, 0.3) is 16.6 Å². The summed E-state index contributed by atoms with van der Waals surface area (Å²) in [5.41, 5.74) is 8.28. The second-order valence-electron chi connectivity index (χ2n) is 25.4. The first-order valence-electron chi connectivity index (χ1n) is 31.3. The number of benzene rings is 4. The molecule has 1 aliphatic carbocycles. The number of fused-ring (bicyclic) bond motifs is 2. The number of nitrogens with one attached hydrogen (secondary N) is 4. The van der Waals surface area contributed by atoms with Gasteiger partial charge in [0, 0.05) is 105 Å². The number of aryl methyl sites for hydroxylation is 1. The quantitative estimate of drug-likeness (QED) is 0.0191. The van der Waals surface area contributed by atoms with Gasteiger partial charge in [-0.25, -0.2) is 18.1 Å². The number of pyridine rings is 1. The summed E-state index contributed by atoms with van der Waals surface area (Å²) < 4.78 is 36.5. The zero-order valence-electron chi connectivity index (χ0n) is 51.0. The number of carbonyl (C=O) groups excluding carboxylic acids is 4. The Kier molecular flexibility index (Phi) is 19.5. The number of sulfonamides is 1. The van der Waals surface area contributed by atoms with E-state index in [1.54, 1.807) is 35.4 Å². The molecule has 4 amide bonds. The smallest absolute Gasteiger partial charge is 0.293 e. The number of nitrogens with zero attached hydrogens (tertiary/aromatic N) is 7. The summed E-state index contributed by atoms with van der Waals surface area (Å²) in [4.78, 5) is 81.8. The highest BCUT2D eigenvalue weighted by Crippen LogP contribution is 2.44. The van der Waals surface area contributed by atoms with Gasteiger partial charge in [-0.05, 0) is 173 Å². The van der Waals surface area contributed by atoms with E-state index >= 15 is 0 Å².